The Morgan fingerprint density at radius 2 is 0.579 bits per heavy atom. The summed E-state index contributed by atoms with van der Waals surface area (Å²) in [5.74, 6) is 0. The molecule has 0 N–H and O–H groups in total. The number of hydrogen-bond donors (Lipinski definition) is 0. The molecule has 0 saturated carbocycles. The Morgan fingerprint density at radius 3 is 0.632 bits per heavy atom. The van der Waals surface area contributed by atoms with Crippen LogP contribution in [-0.4, -0.2) is 0 Å². The summed E-state index contributed by atoms with van der Waals surface area (Å²) in [5.41, 5.74) is 12.2. The SMILES string of the molecule is CC1=C(C)C(C)=C(C)C1.CC1=C(C)C(C)=C(C)C1.[Ti]. The molecule has 0 saturated heterocycles. The number of hydrogen-bond acceptors (Lipinski definition) is 0. The van der Waals surface area contributed by atoms with Gasteiger partial charge in [0, 0.05) is 21.7 Å². The van der Waals surface area contributed by atoms with Crippen LogP contribution in [0.3, 0.4) is 0 Å². The second kappa shape index (κ2) is 7.45. The fourth-order valence-electron chi connectivity index (χ4n) is 2.61. The Morgan fingerprint density at radius 1 is 0.421 bits per heavy atom. The van der Waals surface area contributed by atoms with Crippen molar-refractivity contribution in [3.8, 4) is 0 Å². The van der Waals surface area contributed by atoms with Gasteiger partial charge in [-0.2, -0.15) is 0 Å². The van der Waals surface area contributed by atoms with E-state index in [9.17, 15) is 0 Å². The smallest absolute Gasteiger partial charge is 0 e. The van der Waals surface area contributed by atoms with E-state index in [1.807, 2.05) is 0 Å². The Hall–Kier alpha value is -0.326. The molecule has 2 rings (SSSR count). The van der Waals surface area contributed by atoms with Crippen LogP contribution in [0, 0.1) is 0 Å². The van der Waals surface area contributed by atoms with Crippen LogP contribution in [0.25, 0.3) is 0 Å². The summed E-state index contributed by atoms with van der Waals surface area (Å²) in [6.45, 7) is 17.7. The average Bonchev–Trinajstić information content (AvgIpc) is 2.66. The molecule has 0 unspecified atom stereocenters. The fourth-order valence-corrected chi connectivity index (χ4v) is 2.61. The minimum atomic E-state index is 0. The topological polar surface area (TPSA) is 0 Å². The zero-order valence-corrected chi connectivity index (χ0v) is 15.5. The van der Waals surface area contributed by atoms with Crippen LogP contribution in [-0.2, 0) is 21.7 Å². The van der Waals surface area contributed by atoms with Crippen molar-refractivity contribution in [2.75, 3.05) is 0 Å². The van der Waals surface area contributed by atoms with Gasteiger partial charge in [-0.25, -0.2) is 0 Å². The molecule has 0 aromatic carbocycles. The van der Waals surface area contributed by atoms with Gasteiger partial charge in [-0.05, 0) is 90.5 Å². The first-order valence-corrected chi connectivity index (χ1v) is 6.91. The maximum atomic E-state index is 2.22. The predicted octanol–water partition coefficient (Wildman–Crippen LogP) is 6.12. The average molecular weight is 292 g/mol. The quantitative estimate of drug-likeness (QED) is 0.471. The van der Waals surface area contributed by atoms with Gasteiger partial charge in [0.1, 0.15) is 0 Å². The Bertz CT molecular complexity index is 392. The molecule has 0 heterocycles. The van der Waals surface area contributed by atoms with Gasteiger partial charge in [0.2, 0.25) is 0 Å². The second-order valence-electron chi connectivity index (χ2n) is 5.97. The van der Waals surface area contributed by atoms with E-state index >= 15 is 0 Å². The third kappa shape index (κ3) is 4.33. The molecular formula is C18H28Ti. The Kier molecular flexibility index (Phi) is 7.33. The standard InChI is InChI=1S/2C9H14.Ti/c2*1-6-5-7(2)9(4)8(6)3;/h2*5H2,1-4H3;. The van der Waals surface area contributed by atoms with E-state index in [4.69, 9.17) is 0 Å². The second-order valence-corrected chi connectivity index (χ2v) is 5.97. The van der Waals surface area contributed by atoms with Crippen molar-refractivity contribution in [1.82, 2.24) is 0 Å². The van der Waals surface area contributed by atoms with E-state index in [1.54, 1.807) is 22.3 Å². The van der Waals surface area contributed by atoms with Gasteiger partial charge < -0.3 is 0 Å². The molecule has 0 aromatic heterocycles. The van der Waals surface area contributed by atoms with E-state index in [1.165, 1.54) is 35.1 Å². The molecule has 0 aliphatic heterocycles. The van der Waals surface area contributed by atoms with Crippen LogP contribution in [0.1, 0.15) is 68.2 Å². The van der Waals surface area contributed by atoms with Crippen molar-refractivity contribution in [2.45, 2.75) is 68.2 Å². The van der Waals surface area contributed by atoms with Crippen LogP contribution >= 0.6 is 0 Å². The summed E-state index contributed by atoms with van der Waals surface area (Å²) in [5, 5.41) is 0. The van der Waals surface area contributed by atoms with Crippen molar-refractivity contribution in [2.24, 2.45) is 0 Å². The molecule has 0 bridgehead atoms. The molecule has 19 heavy (non-hydrogen) atoms. The van der Waals surface area contributed by atoms with Crippen molar-refractivity contribution in [1.29, 1.82) is 0 Å². The molecule has 0 spiro atoms. The molecule has 0 atom stereocenters. The first kappa shape index (κ1) is 18.7. The molecule has 0 amide bonds. The Labute approximate surface area is 134 Å². The molecule has 0 radical (unpaired) electrons. The summed E-state index contributed by atoms with van der Waals surface area (Å²) in [6, 6.07) is 0. The van der Waals surface area contributed by atoms with Crippen LogP contribution in [0.15, 0.2) is 44.6 Å². The maximum Gasteiger partial charge on any atom is 0 e. The third-order valence-corrected chi connectivity index (χ3v) is 4.75. The van der Waals surface area contributed by atoms with Crippen molar-refractivity contribution in [3.63, 3.8) is 0 Å². The van der Waals surface area contributed by atoms with Crippen molar-refractivity contribution in [3.05, 3.63) is 44.6 Å². The van der Waals surface area contributed by atoms with Crippen LogP contribution in [0.2, 0.25) is 0 Å². The molecule has 104 valence electrons. The predicted molar refractivity (Wildman–Crippen MR) is 82.7 cm³/mol. The summed E-state index contributed by atoms with van der Waals surface area (Å²) < 4.78 is 0. The van der Waals surface area contributed by atoms with Gasteiger partial charge >= 0.3 is 0 Å². The number of allylic oxidation sites excluding steroid dienone is 8. The van der Waals surface area contributed by atoms with Gasteiger partial charge in [0.25, 0.3) is 0 Å². The normalized spacial score (nSPS) is 18.9. The van der Waals surface area contributed by atoms with Crippen molar-refractivity contribution < 1.29 is 21.7 Å². The minimum Gasteiger partial charge on any atom is -0.0661 e. The Balaban J connectivity index is 0.000000324. The largest absolute Gasteiger partial charge is 0.0661 e. The van der Waals surface area contributed by atoms with Gasteiger partial charge in [-0.1, -0.05) is 22.3 Å². The van der Waals surface area contributed by atoms with Crippen LogP contribution < -0.4 is 0 Å². The molecule has 0 fully saturated rings. The van der Waals surface area contributed by atoms with Gasteiger partial charge in [0.05, 0.1) is 0 Å². The third-order valence-electron chi connectivity index (χ3n) is 4.75. The maximum absolute atomic E-state index is 2.22. The molecule has 2 aliphatic carbocycles. The van der Waals surface area contributed by atoms with E-state index in [-0.39, 0.29) is 21.7 Å². The van der Waals surface area contributed by atoms with E-state index in [0.29, 0.717) is 0 Å². The first-order valence-electron chi connectivity index (χ1n) is 6.91. The zero-order chi connectivity index (χ0) is 14.0. The first-order chi connectivity index (χ1) is 8.25. The van der Waals surface area contributed by atoms with Gasteiger partial charge in [0.15, 0.2) is 0 Å². The summed E-state index contributed by atoms with van der Waals surface area (Å²) in [7, 11) is 0. The molecular weight excluding hydrogens is 264 g/mol. The van der Waals surface area contributed by atoms with E-state index < -0.39 is 0 Å². The summed E-state index contributed by atoms with van der Waals surface area (Å²) in [6.07, 6.45) is 2.41. The monoisotopic (exact) mass is 292 g/mol. The zero-order valence-electron chi connectivity index (χ0n) is 13.9. The summed E-state index contributed by atoms with van der Waals surface area (Å²) >= 11 is 0. The van der Waals surface area contributed by atoms with Crippen LogP contribution in [0.5, 0.6) is 0 Å². The minimum absolute atomic E-state index is 0. The molecule has 0 nitrogen and oxygen atoms in total. The van der Waals surface area contributed by atoms with E-state index in [2.05, 4.69) is 55.4 Å². The summed E-state index contributed by atoms with van der Waals surface area (Å²) in [4.78, 5) is 0. The molecule has 0 aromatic rings. The van der Waals surface area contributed by atoms with Crippen molar-refractivity contribution >= 4 is 0 Å². The van der Waals surface area contributed by atoms with Gasteiger partial charge in [-0.3, -0.25) is 0 Å². The fraction of sp³-hybridized carbons (Fsp3) is 0.556. The van der Waals surface area contributed by atoms with Crippen LogP contribution in [0.4, 0.5) is 0 Å². The molecule has 2 aliphatic rings. The number of rotatable bonds is 0. The van der Waals surface area contributed by atoms with E-state index in [0.717, 1.165) is 0 Å². The molecule has 1 heteroatoms. The van der Waals surface area contributed by atoms with Gasteiger partial charge in [-0.15, -0.1) is 0 Å².